The van der Waals surface area contributed by atoms with E-state index >= 15 is 0 Å². The van der Waals surface area contributed by atoms with Gasteiger partial charge in [-0.3, -0.25) is 0 Å². The molecule has 0 aromatic carbocycles. The highest BCUT2D eigenvalue weighted by Gasteiger charge is 2.54. The van der Waals surface area contributed by atoms with Crippen LogP contribution in [0.4, 0.5) is 31.1 Å². The van der Waals surface area contributed by atoms with Crippen LogP contribution >= 0.6 is 0 Å². The van der Waals surface area contributed by atoms with Crippen molar-refractivity contribution < 1.29 is 50.1 Å². The lowest BCUT2D eigenvalue weighted by Gasteiger charge is -2.30. The summed E-state index contributed by atoms with van der Waals surface area (Å²) in [6, 6.07) is 0. The third kappa shape index (κ3) is 9.14. The number of ether oxygens (including phenoxy) is 4. The summed E-state index contributed by atoms with van der Waals surface area (Å²) in [5.41, 5.74) is -4.79. The fourth-order valence-electron chi connectivity index (χ4n) is 1.44. The zero-order valence-electron chi connectivity index (χ0n) is 15.5. The molecule has 0 radical (unpaired) electrons. The van der Waals surface area contributed by atoms with E-state index in [1.807, 2.05) is 0 Å². The van der Waals surface area contributed by atoms with E-state index in [1.165, 1.54) is 13.2 Å². The molecule has 11 heteroatoms. The van der Waals surface area contributed by atoms with Crippen LogP contribution < -0.4 is 0 Å². The fraction of sp³-hybridized carbons (Fsp3) is 0.688. The molecule has 0 aliphatic rings. The Hall–Kier alpha value is -1.75. The minimum absolute atomic E-state index is 0.292. The zero-order valence-corrected chi connectivity index (χ0v) is 15.5. The summed E-state index contributed by atoms with van der Waals surface area (Å²) in [7, 11) is 2.21. The van der Waals surface area contributed by atoms with Crippen molar-refractivity contribution in [3.63, 3.8) is 0 Å². The van der Waals surface area contributed by atoms with E-state index in [2.05, 4.69) is 32.1 Å². The molecule has 27 heavy (non-hydrogen) atoms. The van der Waals surface area contributed by atoms with Gasteiger partial charge in [0, 0.05) is 20.0 Å². The second-order valence-corrected chi connectivity index (χ2v) is 5.55. The summed E-state index contributed by atoms with van der Waals surface area (Å²) < 4.78 is 91.5. The predicted molar refractivity (Wildman–Crippen MR) is 85.0 cm³/mol. The Labute approximate surface area is 153 Å². The van der Waals surface area contributed by atoms with Crippen LogP contribution in [0.2, 0.25) is 0 Å². The summed E-state index contributed by atoms with van der Waals surface area (Å²) in [5.74, 6) is 0. The van der Waals surface area contributed by atoms with Gasteiger partial charge in [-0.1, -0.05) is 12.2 Å². The van der Waals surface area contributed by atoms with Crippen molar-refractivity contribution in [2.24, 2.45) is 0 Å². The molecule has 0 spiro atoms. The maximum atomic E-state index is 12.4. The van der Waals surface area contributed by atoms with Crippen LogP contribution in [-0.4, -0.2) is 50.7 Å². The molecule has 0 heterocycles. The van der Waals surface area contributed by atoms with Gasteiger partial charge in [0.1, 0.15) is 6.79 Å². The molecule has 2 unspecified atom stereocenters. The molecule has 0 rings (SSSR count). The molecule has 2 atom stereocenters. The summed E-state index contributed by atoms with van der Waals surface area (Å²) in [4.78, 5) is 10.6. The summed E-state index contributed by atoms with van der Waals surface area (Å²) in [6.45, 7) is 7.74. The van der Waals surface area contributed by atoms with E-state index in [0.717, 1.165) is 27.0 Å². The van der Waals surface area contributed by atoms with Crippen molar-refractivity contribution >= 4 is 6.16 Å². The van der Waals surface area contributed by atoms with Gasteiger partial charge in [0.15, 0.2) is 5.60 Å². The highest BCUT2D eigenvalue weighted by Crippen LogP contribution is 2.37. The van der Waals surface area contributed by atoms with E-state index in [9.17, 15) is 31.1 Å². The Balaban J connectivity index is 0. The van der Waals surface area contributed by atoms with Gasteiger partial charge in [0.05, 0.1) is 7.11 Å². The minimum atomic E-state index is -4.66. The minimum Gasteiger partial charge on any atom is -0.438 e. The van der Waals surface area contributed by atoms with E-state index in [4.69, 9.17) is 0 Å². The smallest absolute Gasteiger partial charge is 0.438 e. The third-order valence-electron chi connectivity index (χ3n) is 3.24. The second-order valence-electron chi connectivity index (χ2n) is 5.55. The Bertz CT molecular complexity index is 477. The molecule has 0 saturated heterocycles. The summed E-state index contributed by atoms with van der Waals surface area (Å²) in [6.07, 6.45) is -9.06. The molecular weight excluding hydrogens is 386 g/mol. The van der Waals surface area contributed by atoms with E-state index in [0.29, 0.717) is 0 Å². The second kappa shape index (κ2) is 11.2. The Morgan fingerprint density at radius 3 is 1.59 bits per heavy atom. The molecule has 0 fully saturated rings. The zero-order chi connectivity index (χ0) is 21.9. The number of hydrogen-bond donors (Lipinski definition) is 0. The van der Waals surface area contributed by atoms with Gasteiger partial charge in [0.25, 0.3) is 0 Å². The molecule has 0 aromatic heterocycles. The number of methoxy groups -OCH3 is 2. The first kappa shape index (κ1) is 27.5. The van der Waals surface area contributed by atoms with Crippen molar-refractivity contribution in [1.82, 2.24) is 0 Å². The van der Waals surface area contributed by atoms with Crippen molar-refractivity contribution in [3.05, 3.63) is 25.3 Å². The van der Waals surface area contributed by atoms with Gasteiger partial charge < -0.3 is 18.9 Å². The normalized spacial score (nSPS) is 16.1. The highest BCUT2D eigenvalue weighted by molar-refractivity contribution is 5.60. The van der Waals surface area contributed by atoms with E-state index < -0.39 is 36.1 Å². The summed E-state index contributed by atoms with van der Waals surface area (Å²) >= 11 is 0. The first-order valence-electron chi connectivity index (χ1n) is 7.39. The van der Waals surface area contributed by atoms with Crippen LogP contribution in [0.5, 0.6) is 0 Å². The monoisotopic (exact) mass is 410 g/mol. The summed E-state index contributed by atoms with van der Waals surface area (Å²) in [5, 5.41) is 0. The predicted octanol–water partition coefficient (Wildman–Crippen LogP) is 5.17. The number of rotatable bonds is 8. The maximum absolute atomic E-state index is 12.4. The third-order valence-corrected chi connectivity index (χ3v) is 3.24. The van der Waals surface area contributed by atoms with Crippen LogP contribution in [0.25, 0.3) is 0 Å². The van der Waals surface area contributed by atoms with Crippen LogP contribution in [0.1, 0.15) is 26.7 Å². The van der Waals surface area contributed by atoms with Gasteiger partial charge in [0.2, 0.25) is 5.60 Å². The lowest BCUT2D eigenvalue weighted by atomic mass is 10.0. The topological polar surface area (TPSA) is 54.0 Å². The van der Waals surface area contributed by atoms with E-state index in [1.54, 1.807) is 0 Å². The molecule has 0 saturated carbocycles. The highest BCUT2D eigenvalue weighted by atomic mass is 19.4. The SMILES string of the molecule is C=CCC(C)(OC(=O)OC)C(F)(F)F.C=CCC(C)(OCOC)C(F)(F)F. The van der Waals surface area contributed by atoms with Gasteiger partial charge in [-0.05, 0) is 13.8 Å². The first-order valence-corrected chi connectivity index (χ1v) is 7.39. The van der Waals surface area contributed by atoms with Crippen LogP contribution in [0.3, 0.4) is 0 Å². The van der Waals surface area contributed by atoms with Gasteiger partial charge in [-0.25, -0.2) is 4.79 Å². The van der Waals surface area contributed by atoms with Gasteiger partial charge >= 0.3 is 18.5 Å². The average Bonchev–Trinajstić information content (AvgIpc) is 2.51. The standard InChI is InChI=1S/C8H11F3O3.C8H13F3O2/c1-4-5-7(2,8(9,10)11)14-6(12)13-3;1-4-5-7(2,8(9,10)11)13-6-12-3/h4H,1,5H2,2-3H3;4H,1,5-6H2,2-3H3. The number of carbonyl (C=O) groups is 1. The molecule has 160 valence electrons. The molecular formula is C16H24F6O5. The molecule has 0 amide bonds. The Morgan fingerprint density at radius 1 is 0.889 bits per heavy atom. The average molecular weight is 410 g/mol. The number of halogens is 6. The number of alkyl halides is 6. The maximum Gasteiger partial charge on any atom is 0.508 e. The lowest BCUT2D eigenvalue weighted by molar-refractivity contribution is -0.288. The quantitative estimate of drug-likeness (QED) is 0.239. The Kier molecular flexibility index (Phi) is 11.4. The number of hydrogen-bond acceptors (Lipinski definition) is 5. The lowest BCUT2D eigenvalue weighted by Crippen LogP contribution is -2.45. The fourth-order valence-corrected chi connectivity index (χ4v) is 1.44. The molecule has 0 N–H and O–H groups in total. The van der Waals surface area contributed by atoms with Crippen LogP contribution in [-0.2, 0) is 18.9 Å². The van der Waals surface area contributed by atoms with Crippen molar-refractivity contribution in [1.29, 1.82) is 0 Å². The van der Waals surface area contributed by atoms with Gasteiger partial charge in [-0.2, -0.15) is 26.3 Å². The van der Waals surface area contributed by atoms with Gasteiger partial charge in [-0.15, -0.1) is 13.2 Å². The molecule has 5 nitrogen and oxygen atoms in total. The molecule has 0 aliphatic carbocycles. The van der Waals surface area contributed by atoms with Crippen LogP contribution in [0, 0.1) is 0 Å². The molecule has 0 aliphatic heterocycles. The Morgan fingerprint density at radius 2 is 1.30 bits per heavy atom. The van der Waals surface area contributed by atoms with Crippen molar-refractivity contribution in [2.75, 3.05) is 21.0 Å². The number of carbonyl (C=O) groups excluding carboxylic acids is 1. The van der Waals surface area contributed by atoms with Crippen LogP contribution in [0.15, 0.2) is 25.3 Å². The van der Waals surface area contributed by atoms with Crippen molar-refractivity contribution in [3.8, 4) is 0 Å². The first-order chi connectivity index (χ1) is 12.1. The molecule has 0 aromatic rings. The largest absolute Gasteiger partial charge is 0.508 e. The molecule has 0 bridgehead atoms. The van der Waals surface area contributed by atoms with E-state index in [-0.39, 0.29) is 13.2 Å². The van der Waals surface area contributed by atoms with Crippen molar-refractivity contribution in [2.45, 2.75) is 50.2 Å².